The van der Waals surface area contributed by atoms with Crippen molar-refractivity contribution >= 4 is 38.5 Å². The fraction of sp³-hybridized carbons (Fsp3) is 0.286. The first-order chi connectivity index (χ1) is 29.3. The zero-order chi connectivity index (χ0) is 43.3. The van der Waals surface area contributed by atoms with Gasteiger partial charge in [-0.3, -0.25) is 23.9 Å². The zero-order valence-corrected chi connectivity index (χ0v) is 33.8. The second-order valence-corrected chi connectivity index (χ2v) is 16.2. The number of nitrogens with one attached hydrogen (secondary N) is 2. The van der Waals surface area contributed by atoms with E-state index < -0.39 is 62.1 Å². The number of fused-ring (bicyclic) bond motifs is 1. The van der Waals surface area contributed by atoms with Gasteiger partial charge in [-0.15, -0.1) is 0 Å². The summed E-state index contributed by atoms with van der Waals surface area (Å²) in [6, 6.07) is 9.57. The number of amides is 1. The highest BCUT2D eigenvalue weighted by molar-refractivity contribution is 7.92. The molecule has 16 nitrogen and oxygen atoms in total. The van der Waals surface area contributed by atoms with Crippen molar-refractivity contribution in [2.24, 2.45) is 13.0 Å². The number of anilines is 1. The maximum Gasteiger partial charge on any atom is 0.337 e. The summed E-state index contributed by atoms with van der Waals surface area (Å²) < 4.78 is 72.2. The third-order valence-corrected chi connectivity index (χ3v) is 11.8. The van der Waals surface area contributed by atoms with Gasteiger partial charge in [0.2, 0.25) is 0 Å². The van der Waals surface area contributed by atoms with Gasteiger partial charge in [0.25, 0.3) is 21.5 Å². The Hall–Kier alpha value is -6.73. The predicted molar refractivity (Wildman–Crippen MR) is 218 cm³/mol. The fourth-order valence-electron chi connectivity index (χ4n) is 7.09. The minimum atomic E-state index is -4.43. The number of hydrogen-bond acceptors (Lipinski definition) is 12. The maximum atomic E-state index is 15.6. The lowest BCUT2D eigenvalue weighted by Crippen LogP contribution is -2.44. The molecule has 0 aliphatic heterocycles. The van der Waals surface area contributed by atoms with E-state index in [2.05, 4.69) is 25.3 Å². The molecule has 4 heterocycles. The van der Waals surface area contributed by atoms with Crippen molar-refractivity contribution in [2.75, 3.05) is 18.4 Å². The van der Waals surface area contributed by atoms with Crippen molar-refractivity contribution in [3.05, 3.63) is 135 Å². The van der Waals surface area contributed by atoms with E-state index >= 15 is 8.78 Å². The number of carbonyl (C=O) groups excluding carboxylic acids is 2. The maximum absolute atomic E-state index is 15.6. The number of sulfonamides is 1. The van der Waals surface area contributed by atoms with Crippen LogP contribution in [-0.2, 0) is 44.4 Å². The number of halogens is 2. The summed E-state index contributed by atoms with van der Waals surface area (Å²) in [6.07, 6.45) is 11.9. The van der Waals surface area contributed by atoms with Gasteiger partial charge in [-0.1, -0.05) is 43.9 Å². The normalized spacial score (nSPS) is 13.6. The molecule has 0 unspecified atom stereocenters. The first kappa shape index (κ1) is 42.4. The van der Waals surface area contributed by atoms with E-state index in [1.807, 2.05) is 4.72 Å². The number of hydrogen-bond donors (Lipinski definition) is 2. The van der Waals surface area contributed by atoms with Crippen LogP contribution in [0.5, 0.6) is 0 Å². The molecule has 0 bridgehead atoms. The number of aryl methyl sites for hydroxylation is 1. The van der Waals surface area contributed by atoms with Crippen LogP contribution < -0.4 is 21.3 Å². The summed E-state index contributed by atoms with van der Waals surface area (Å²) >= 11 is 0. The molecule has 1 saturated carbocycles. The molecule has 61 heavy (non-hydrogen) atoms. The molecule has 19 heteroatoms. The number of methoxy groups -OCH3 is 1. The van der Waals surface area contributed by atoms with Gasteiger partial charge >= 0.3 is 11.7 Å². The van der Waals surface area contributed by atoms with Crippen molar-refractivity contribution in [3.63, 3.8) is 0 Å². The zero-order valence-electron chi connectivity index (χ0n) is 33.0. The van der Waals surface area contributed by atoms with E-state index in [-0.39, 0.29) is 35.7 Å². The summed E-state index contributed by atoms with van der Waals surface area (Å²) in [5.74, 6) is -3.70. The van der Waals surface area contributed by atoms with Crippen LogP contribution in [0.2, 0.25) is 0 Å². The van der Waals surface area contributed by atoms with Gasteiger partial charge in [0.15, 0.2) is 5.82 Å². The van der Waals surface area contributed by atoms with Crippen LogP contribution in [0.3, 0.4) is 0 Å². The summed E-state index contributed by atoms with van der Waals surface area (Å²) in [6.45, 7) is 0.298. The number of ether oxygens (including phenoxy) is 2. The highest BCUT2D eigenvalue weighted by Crippen LogP contribution is 2.28. The Kier molecular flexibility index (Phi) is 12.7. The molecule has 1 atom stereocenters. The molecule has 1 aliphatic carbocycles. The lowest BCUT2D eigenvalue weighted by molar-refractivity contribution is -0.146. The number of esters is 1. The monoisotopic (exact) mass is 854 g/mol. The van der Waals surface area contributed by atoms with Crippen molar-refractivity contribution < 1.29 is 36.3 Å². The van der Waals surface area contributed by atoms with Crippen molar-refractivity contribution in [3.8, 4) is 16.9 Å². The molecule has 1 fully saturated rings. The minimum absolute atomic E-state index is 0.00239. The third kappa shape index (κ3) is 9.52. The third-order valence-electron chi connectivity index (χ3n) is 10.4. The summed E-state index contributed by atoms with van der Waals surface area (Å²) in [5, 5.41) is 2.66. The predicted octanol–water partition coefficient (Wildman–Crippen LogP) is 4.63. The van der Waals surface area contributed by atoms with Crippen molar-refractivity contribution in [1.82, 2.24) is 34.4 Å². The van der Waals surface area contributed by atoms with Gasteiger partial charge in [0, 0.05) is 57.0 Å². The molecular formula is C42H40F2N8O8S. The summed E-state index contributed by atoms with van der Waals surface area (Å²) in [4.78, 5) is 69.8. The number of rotatable bonds is 15. The van der Waals surface area contributed by atoms with Gasteiger partial charge in [-0.25, -0.2) is 46.3 Å². The Morgan fingerprint density at radius 1 is 0.918 bits per heavy atom. The van der Waals surface area contributed by atoms with Crippen LogP contribution in [0, 0.1) is 17.6 Å². The number of pyridine rings is 2. The highest BCUT2D eigenvalue weighted by atomic mass is 32.2. The van der Waals surface area contributed by atoms with Crippen LogP contribution in [0.25, 0.3) is 27.8 Å². The standard InChI is InChI=1S/C42H40F2N8O8S/c1-51-36-23-45-15-13-30(36)40(54)52(42(51)56)38-12-7-26(20-48-38)17-35(41(55)60-16-14-25-5-3-4-6-25)49-39(53)31-18-33(44)34(19-32(31)43)50-61(57,58)29-10-8-27(9-11-29)28-21-46-37(24-59-2)47-22-28/h7-13,15,18-23,25,35,50H,3-6,14,16-17,24H2,1-2H3,(H,49,53)/t35-/m0/s1. The lowest BCUT2D eigenvalue weighted by Gasteiger charge is -2.19. The number of nitrogens with zero attached hydrogens (tertiary/aromatic N) is 6. The number of carbonyl (C=O) groups is 2. The van der Waals surface area contributed by atoms with E-state index in [4.69, 9.17) is 9.47 Å². The van der Waals surface area contributed by atoms with E-state index in [9.17, 15) is 27.6 Å². The smallest absolute Gasteiger partial charge is 0.337 e. The second-order valence-electron chi connectivity index (χ2n) is 14.5. The fourth-order valence-corrected chi connectivity index (χ4v) is 8.15. The largest absolute Gasteiger partial charge is 0.464 e. The quantitative estimate of drug-likeness (QED) is 0.136. The molecule has 0 spiro atoms. The molecule has 4 aromatic heterocycles. The molecule has 1 aliphatic rings. The highest BCUT2D eigenvalue weighted by Gasteiger charge is 2.28. The Bertz CT molecular complexity index is 2810. The van der Waals surface area contributed by atoms with Gasteiger partial charge < -0.3 is 14.8 Å². The van der Waals surface area contributed by atoms with Gasteiger partial charge in [-0.05, 0) is 53.8 Å². The molecule has 0 saturated heterocycles. The van der Waals surface area contributed by atoms with E-state index in [0.717, 1.165) is 30.3 Å². The summed E-state index contributed by atoms with van der Waals surface area (Å²) in [7, 11) is -1.43. The van der Waals surface area contributed by atoms with Gasteiger partial charge in [0.05, 0.1) is 39.9 Å². The van der Waals surface area contributed by atoms with Crippen molar-refractivity contribution in [1.29, 1.82) is 0 Å². The molecule has 316 valence electrons. The minimum Gasteiger partial charge on any atom is -0.464 e. The molecule has 2 N–H and O–H groups in total. The Labute approximate surface area is 347 Å². The Morgan fingerprint density at radius 2 is 1.66 bits per heavy atom. The molecule has 1 amide bonds. The second kappa shape index (κ2) is 18.3. The molecular weight excluding hydrogens is 815 g/mol. The SMILES string of the molecule is COCc1ncc(-c2ccc(S(=O)(=O)Nc3cc(F)c(C(=O)N[C@@H](Cc4ccc(-n5c(=O)c6ccncc6n(C)c5=O)nc4)C(=O)OCCC4CCCC4)cc3F)cc2)cn1. The number of benzene rings is 2. The molecule has 7 rings (SSSR count). The Balaban J connectivity index is 1.08. The van der Waals surface area contributed by atoms with Crippen LogP contribution in [0.1, 0.15) is 53.8 Å². The Morgan fingerprint density at radius 3 is 2.34 bits per heavy atom. The molecule has 0 radical (unpaired) electrons. The van der Waals surface area contributed by atoms with E-state index in [0.29, 0.717) is 52.5 Å². The van der Waals surface area contributed by atoms with E-state index in [1.54, 1.807) is 12.4 Å². The first-order valence-electron chi connectivity index (χ1n) is 19.2. The van der Waals surface area contributed by atoms with Crippen LogP contribution in [0.4, 0.5) is 14.5 Å². The van der Waals surface area contributed by atoms with Crippen LogP contribution in [-0.4, -0.2) is 69.1 Å². The average Bonchev–Trinajstić information content (AvgIpc) is 3.78. The topological polar surface area (TPSA) is 206 Å². The van der Waals surface area contributed by atoms with Gasteiger partial charge in [0.1, 0.15) is 30.1 Å². The molecule has 2 aromatic carbocycles. The molecule has 6 aromatic rings. The van der Waals surface area contributed by atoms with Crippen LogP contribution in [0.15, 0.2) is 100 Å². The average molecular weight is 855 g/mol. The van der Waals surface area contributed by atoms with Crippen molar-refractivity contribution in [2.45, 2.75) is 56.1 Å². The summed E-state index contributed by atoms with van der Waals surface area (Å²) in [5.41, 5.74) is -0.932. The first-order valence-corrected chi connectivity index (χ1v) is 20.7. The van der Waals surface area contributed by atoms with Gasteiger partial charge in [-0.2, -0.15) is 0 Å². The number of aromatic nitrogens is 6. The van der Waals surface area contributed by atoms with E-state index in [1.165, 1.54) is 79.8 Å². The lowest BCUT2D eigenvalue weighted by atomic mass is 10.0. The van der Waals surface area contributed by atoms with Crippen LogP contribution >= 0.6 is 0 Å².